The van der Waals surface area contributed by atoms with Gasteiger partial charge in [0.15, 0.2) is 5.78 Å². The number of Topliss-reactive ketones (excluding diaryl/α,β-unsaturated/α-hetero) is 1. The highest BCUT2D eigenvalue weighted by molar-refractivity contribution is 6.10. The minimum atomic E-state index is -0.572. The van der Waals surface area contributed by atoms with E-state index in [0.717, 1.165) is 43.5 Å². The predicted molar refractivity (Wildman–Crippen MR) is 130 cm³/mol. The first kappa shape index (κ1) is 23.7. The summed E-state index contributed by atoms with van der Waals surface area (Å²) in [6.45, 7) is 2.73. The largest absolute Gasteiger partial charge is 0.381 e. The number of nitrogens with one attached hydrogen (secondary N) is 1. The number of carbonyl (C=O) groups excluding carboxylic acids is 2. The summed E-state index contributed by atoms with van der Waals surface area (Å²) in [5.74, 6) is -0.438. The summed E-state index contributed by atoms with van der Waals surface area (Å²) in [5, 5.41) is 18.0. The van der Waals surface area contributed by atoms with Crippen molar-refractivity contribution >= 4 is 23.1 Å². The van der Waals surface area contributed by atoms with Crippen LogP contribution in [0.3, 0.4) is 0 Å². The lowest BCUT2D eigenvalue weighted by atomic mass is 9.90. The van der Waals surface area contributed by atoms with Crippen LogP contribution in [0.25, 0.3) is 0 Å². The van der Waals surface area contributed by atoms with Crippen LogP contribution < -0.4 is 10.6 Å². The molecular formula is C27H30N4O3. The molecule has 0 aliphatic carbocycles. The summed E-state index contributed by atoms with van der Waals surface area (Å²) in [5.41, 5.74) is 9.16. The number of carbonyl (C=O) groups is 2. The van der Waals surface area contributed by atoms with Gasteiger partial charge in [0.25, 0.3) is 0 Å². The minimum absolute atomic E-state index is 0.00850. The average molecular weight is 459 g/mol. The van der Waals surface area contributed by atoms with E-state index in [0.29, 0.717) is 42.9 Å². The van der Waals surface area contributed by atoms with E-state index in [1.165, 1.54) is 0 Å². The average Bonchev–Trinajstić information content (AvgIpc) is 2.88. The van der Waals surface area contributed by atoms with Gasteiger partial charge in [-0.1, -0.05) is 24.3 Å². The molecule has 2 aromatic rings. The Labute approximate surface area is 200 Å². The lowest BCUT2D eigenvalue weighted by Gasteiger charge is -2.32. The van der Waals surface area contributed by atoms with Crippen molar-refractivity contribution in [2.24, 2.45) is 17.6 Å². The van der Waals surface area contributed by atoms with Crippen molar-refractivity contribution in [3.05, 3.63) is 64.7 Å². The zero-order valence-corrected chi connectivity index (χ0v) is 19.3. The molecule has 2 aliphatic rings. The molecule has 3 N–H and O–H groups in total. The Morgan fingerprint density at radius 1 is 1.09 bits per heavy atom. The Bertz CT molecular complexity index is 1110. The number of nitriles is 1. The molecular weight excluding hydrogens is 428 g/mol. The Morgan fingerprint density at radius 2 is 1.82 bits per heavy atom. The van der Waals surface area contributed by atoms with Gasteiger partial charge in [-0.15, -0.1) is 0 Å². The highest BCUT2D eigenvalue weighted by Gasteiger charge is 2.24. The summed E-state index contributed by atoms with van der Waals surface area (Å²) in [7, 11) is 0. The van der Waals surface area contributed by atoms with Crippen LogP contribution in [0.4, 0.5) is 5.69 Å². The van der Waals surface area contributed by atoms with Crippen molar-refractivity contribution in [3.63, 3.8) is 0 Å². The number of ketones is 1. The number of benzene rings is 2. The van der Waals surface area contributed by atoms with E-state index >= 15 is 0 Å². The second-order valence-electron chi connectivity index (χ2n) is 9.11. The maximum atomic E-state index is 12.7. The fraction of sp³-hybridized carbons (Fsp3) is 0.407. The molecule has 34 heavy (non-hydrogen) atoms. The first-order valence-electron chi connectivity index (χ1n) is 11.8. The van der Waals surface area contributed by atoms with Crippen molar-refractivity contribution in [1.82, 2.24) is 0 Å². The zero-order valence-electron chi connectivity index (χ0n) is 19.3. The molecule has 4 rings (SSSR count). The quantitative estimate of drug-likeness (QED) is 0.484. The van der Waals surface area contributed by atoms with Gasteiger partial charge in [0.2, 0.25) is 5.91 Å². The molecule has 1 amide bonds. The molecule has 0 radical (unpaired) electrons. The van der Waals surface area contributed by atoms with Crippen LogP contribution in [-0.4, -0.2) is 43.7 Å². The van der Waals surface area contributed by atoms with E-state index in [9.17, 15) is 14.9 Å². The van der Waals surface area contributed by atoms with Gasteiger partial charge < -0.3 is 20.8 Å². The molecule has 7 nitrogen and oxygen atoms in total. The number of hydrogen-bond donors (Lipinski definition) is 2. The van der Waals surface area contributed by atoms with Gasteiger partial charge in [-0.2, -0.15) is 5.26 Å². The number of primary amides is 1. The number of piperidine rings is 1. The number of anilines is 1. The third-order valence-corrected chi connectivity index (χ3v) is 6.77. The maximum Gasteiger partial charge on any atom is 0.249 e. The molecule has 0 spiro atoms. The summed E-state index contributed by atoms with van der Waals surface area (Å²) < 4.78 is 5.35. The molecule has 2 aromatic carbocycles. The summed E-state index contributed by atoms with van der Waals surface area (Å²) in [6, 6.07) is 15.1. The predicted octanol–water partition coefficient (Wildman–Crippen LogP) is 3.75. The van der Waals surface area contributed by atoms with Gasteiger partial charge in [0, 0.05) is 66.7 Å². The van der Waals surface area contributed by atoms with Crippen LogP contribution >= 0.6 is 0 Å². The van der Waals surface area contributed by atoms with Gasteiger partial charge in [-0.05, 0) is 49.4 Å². The summed E-state index contributed by atoms with van der Waals surface area (Å²) >= 11 is 0. The van der Waals surface area contributed by atoms with Gasteiger partial charge in [-0.25, -0.2) is 0 Å². The van der Waals surface area contributed by atoms with E-state index in [1.54, 1.807) is 6.07 Å². The second-order valence-corrected chi connectivity index (χ2v) is 9.11. The van der Waals surface area contributed by atoms with Crippen molar-refractivity contribution in [2.45, 2.75) is 32.1 Å². The van der Waals surface area contributed by atoms with Crippen LogP contribution in [0.5, 0.6) is 0 Å². The Balaban J connectivity index is 1.51. The molecule has 2 saturated heterocycles. The Morgan fingerprint density at radius 3 is 2.50 bits per heavy atom. The normalized spacial score (nSPS) is 18.8. The standard InChI is InChI=1S/C27H30N4O3/c28-16-19-2-1-11-31(17-19)22-7-8-23(27(30)33)24(15-22)25(29)14-18-3-5-20(6-4-18)26(32)21-9-12-34-13-10-21/h3-8,15,19,21,29H,1-2,9-14,17H2,(H2,30,33)/t19-/m0/s1. The van der Waals surface area contributed by atoms with Crippen molar-refractivity contribution < 1.29 is 14.3 Å². The molecule has 7 heteroatoms. The SMILES string of the molecule is N#C[C@@H]1CCCN(c2ccc(C(N)=O)c(C(=N)Cc3ccc(C(=O)C4CCOCC4)cc3)c2)C1. The van der Waals surface area contributed by atoms with Crippen molar-refractivity contribution in [1.29, 1.82) is 10.7 Å². The molecule has 1 atom stereocenters. The minimum Gasteiger partial charge on any atom is -0.381 e. The highest BCUT2D eigenvalue weighted by atomic mass is 16.5. The van der Waals surface area contributed by atoms with Crippen molar-refractivity contribution in [2.75, 3.05) is 31.2 Å². The van der Waals surface area contributed by atoms with Crippen LogP contribution in [0.1, 0.15) is 57.5 Å². The lowest BCUT2D eigenvalue weighted by Crippen LogP contribution is -2.35. The number of amides is 1. The highest BCUT2D eigenvalue weighted by Crippen LogP contribution is 2.26. The first-order valence-corrected chi connectivity index (χ1v) is 11.8. The lowest BCUT2D eigenvalue weighted by molar-refractivity contribution is 0.0545. The number of hydrogen-bond acceptors (Lipinski definition) is 6. The Hall–Kier alpha value is -3.50. The first-order chi connectivity index (χ1) is 16.5. The number of nitrogens with two attached hydrogens (primary N) is 1. The zero-order chi connectivity index (χ0) is 24.1. The van der Waals surface area contributed by atoms with Crippen LogP contribution in [0.2, 0.25) is 0 Å². The molecule has 0 unspecified atom stereocenters. The van der Waals surface area contributed by atoms with E-state index in [2.05, 4.69) is 11.0 Å². The summed E-state index contributed by atoms with van der Waals surface area (Å²) in [6.07, 6.45) is 3.65. The fourth-order valence-corrected chi connectivity index (χ4v) is 4.79. The summed E-state index contributed by atoms with van der Waals surface area (Å²) in [4.78, 5) is 26.9. The molecule has 0 bridgehead atoms. The third-order valence-electron chi connectivity index (χ3n) is 6.77. The molecule has 176 valence electrons. The number of ether oxygens (including phenoxy) is 1. The molecule has 0 aromatic heterocycles. The van der Waals surface area contributed by atoms with E-state index in [4.69, 9.17) is 15.9 Å². The number of rotatable bonds is 7. The fourth-order valence-electron chi connectivity index (χ4n) is 4.79. The maximum absolute atomic E-state index is 12.7. The van der Waals surface area contributed by atoms with Gasteiger partial charge in [0.05, 0.1) is 12.0 Å². The molecule has 0 saturated carbocycles. The smallest absolute Gasteiger partial charge is 0.249 e. The third kappa shape index (κ3) is 5.35. The topological polar surface area (TPSA) is 120 Å². The van der Waals surface area contributed by atoms with E-state index in [1.807, 2.05) is 36.4 Å². The van der Waals surface area contributed by atoms with Gasteiger partial charge in [-0.3, -0.25) is 9.59 Å². The molecule has 2 fully saturated rings. The Kier molecular flexibility index (Phi) is 7.39. The van der Waals surface area contributed by atoms with E-state index < -0.39 is 5.91 Å². The number of nitrogens with zero attached hydrogens (tertiary/aromatic N) is 2. The second kappa shape index (κ2) is 10.6. The molecule has 2 heterocycles. The van der Waals surface area contributed by atoms with Gasteiger partial charge >= 0.3 is 0 Å². The van der Waals surface area contributed by atoms with Crippen LogP contribution in [0.15, 0.2) is 42.5 Å². The van der Waals surface area contributed by atoms with Crippen LogP contribution in [-0.2, 0) is 11.2 Å². The van der Waals surface area contributed by atoms with E-state index in [-0.39, 0.29) is 23.3 Å². The van der Waals surface area contributed by atoms with Gasteiger partial charge in [0.1, 0.15) is 0 Å². The monoisotopic (exact) mass is 458 g/mol. The van der Waals surface area contributed by atoms with Crippen LogP contribution in [0, 0.1) is 28.6 Å². The van der Waals surface area contributed by atoms with Crippen molar-refractivity contribution in [3.8, 4) is 6.07 Å². The molecule has 2 aliphatic heterocycles.